The number of thiophene rings is 1. The quantitative estimate of drug-likeness (QED) is 0.687. The van der Waals surface area contributed by atoms with E-state index in [4.69, 9.17) is 9.47 Å². The predicted molar refractivity (Wildman–Crippen MR) is 111 cm³/mol. The number of benzene rings is 1. The van der Waals surface area contributed by atoms with E-state index < -0.39 is 0 Å². The Morgan fingerprint density at radius 2 is 2.00 bits per heavy atom. The zero-order valence-corrected chi connectivity index (χ0v) is 17.5. The van der Waals surface area contributed by atoms with Gasteiger partial charge in [-0.3, -0.25) is 4.79 Å². The minimum Gasteiger partial charge on any atom is -0.497 e. The van der Waals surface area contributed by atoms with Gasteiger partial charge in [0.05, 0.1) is 19.3 Å². The van der Waals surface area contributed by atoms with Crippen molar-refractivity contribution in [3.63, 3.8) is 0 Å². The molecule has 0 fully saturated rings. The van der Waals surface area contributed by atoms with Crippen LogP contribution in [0.1, 0.15) is 53.1 Å². The summed E-state index contributed by atoms with van der Waals surface area (Å²) in [6, 6.07) is 7.70. The van der Waals surface area contributed by atoms with E-state index in [1.807, 2.05) is 24.3 Å². The number of carbonyl (C=O) groups excluding carboxylic acids is 2. The van der Waals surface area contributed by atoms with Crippen LogP contribution in [0.4, 0.5) is 5.00 Å². The number of anilines is 1. The fourth-order valence-electron chi connectivity index (χ4n) is 3.50. The number of nitrogens with one attached hydrogen (secondary N) is 1. The monoisotopic (exact) mass is 401 g/mol. The molecule has 1 N–H and O–H groups in total. The molecule has 0 bridgehead atoms. The summed E-state index contributed by atoms with van der Waals surface area (Å²) < 4.78 is 10.4. The molecule has 0 aliphatic heterocycles. The first-order valence-electron chi connectivity index (χ1n) is 9.76. The second-order valence-electron chi connectivity index (χ2n) is 7.17. The molecule has 150 valence electrons. The van der Waals surface area contributed by atoms with Gasteiger partial charge in [0.1, 0.15) is 10.8 Å². The summed E-state index contributed by atoms with van der Waals surface area (Å²) in [6.07, 6.45) is 3.86. The third kappa shape index (κ3) is 4.73. The average Bonchev–Trinajstić information content (AvgIpc) is 3.03. The number of amides is 1. The molecule has 0 spiro atoms. The lowest BCUT2D eigenvalue weighted by atomic mass is 9.88. The molecule has 1 aliphatic carbocycles. The van der Waals surface area contributed by atoms with Gasteiger partial charge in [0, 0.05) is 11.3 Å². The third-order valence-electron chi connectivity index (χ3n) is 5.04. The highest BCUT2D eigenvalue weighted by Crippen LogP contribution is 2.40. The zero-order chi connectivity index (χ0) is 20.1. The van der Waals surface area contributed by atoms with Gasteiger partial charge in [-0.05, 0) is 61.8 Å². The Labute approximate surface area is 170 Å². The highest BCUT2D eigenvalue weighted by molar-refractivity contribution is 7.17. The van der Waals surface area contributed by atoms with E-state index >= 15 is 0 Å². The molecule has 0 saturated heterocycles. The topological polar surface area (TPSA) is 64.6 Å². The van der Waals surface area contributed by atoms with E-state index in [2.05, 4.69) is 12.2 Å². The molecule has 6 heteroatoms. The van der Waals surface area contributed by atoms with Gasteiger partial charge in [-0.2, -0.15) is 0 Å². The molecule has 0 saturated carbocycles. The van der Waals surface area contributed by atoms with Crippen LogP contribution in [0.3, 0.4) is 0 Å². The standard InChI is InChI=1S/C22H27NO4S/c1-4-27-22(25)20-17-11-5-14(2)13-18(17)28-21(20)23-19(24)12-8-15-6-9-16(26-3)10-7-15/h6-7,9-10,14H,4-5,8,11-13H2,1-3H3,(H,23,24)/t14-/m1/s1. The largest absolute Gasteiger partial charge is 0.497 e. The number of methoxy groups -OCH3 is 1. The van der Waals surface area contributed by atoms with Crippen LogP contribution >= 0.6 is 11.3 Å². The molecular weight excluding hydrogens is 374 g/mol. The van der Waals surface area contributed by atoms with Gasteiger partial charge >= 0.3 is 5.97 Å². The number of hydrogen-bond acceptors (Lipinski definition) is 5. The van der Waals surface area contributed by atoms with Crippen molar-refractivity contribution in [3.05, 3.63) is 45.8 Å². The summed E-state index contributed by atoms with van der Waals surface area (Å²) >= 11 is 1.53. The molecule has 1 aromatic carbocycles. The van der Waals surface area contributed by atoms with Crippen molar-refractivity contribution in [2.45, 2.75) is 46.0 Å². The maximum Gasteiger partial charge on any atom is 0.341 e. The number of fused-ring (bicyclic) bond motifs is 1. The van der Waals surface area contributed by atoms with Crippen LogP contribution in [0.5, 0.6) is 5.75 Å². The number of aryl methyl sites for hydroxylation is 1. The summed E-state index contributed by atoms with van der Waals surface area (Å²) in [7, 11) is 1.63. The second-order valence-corrected chi connectivity index (χ2v) is 8.28. The highest BCUT2D eigenvalue weighted by Gasteiger charge is 2.29. The van der Waals surface area contributed by atoms with E-state index in [9.17, 15) is 9.59 Å². The first-order valence-corrected chi connectivity index (χ1v) is 10.6. The van der Waals surface area contributed by atoms with Crippen LogP contribution in [0.25, 0.3) is 0 Å². The Morgan fingerprint density at radius 1 is 1.25 bits per heavy atom. The van der Waals surface area contributed by atoms with E-state index in [1.54, 1.807) is 14.0 Å². The van der Waals surface area contributed by atoms with E-state index in [0.29, 0.717) is 35.9 Å². The summed E-state index contributed by atoms with van der Waals surface area (Å²) in [6.45, 7) is 4.34. The summed E-state index contributed by atoms with van der Waals surface area (Å²) in [5.74, 6) is 0.971. The number of carbonyl (C=O) groups is 2. The Kier molecular flexibility index (Phi) is 6.73. The SMILES string of the molecule is CCOC(=O)c1c(NC(=O)CCc2ccc(OC)cc2)sc2c1CC[C@@H](C)C2. The van der Waals surface area contributed by atoms with Crippen molar-refractivity contribution < 1.29 is 19.1 Å². The van der Waals surface area contributed by atoms with Crippen LogP contribution in [0.2, 0.25) is 0 Å². The molecule has 0 radical (unpaired) electrons. The summed E-state index contributed by atoms with van der Waals surface area (Å²) in [4.78, 5) is 26.3. The fourth-order valence-corrected chi connectivity index (χ4v) is 4.91. The Hall–Kier alpha value is -2.34. The molecule has 1 amide bonds. The lowest BCUT2D eigenvalue weighted by molar-refractivity contribution is -0.116. The van der Waals surface area contributed by atoms with Crippen LogP contribution < -0.4 is 10.1 Å². The molecule has 1 aliphatic rings. The summed E-state index contributed by atoms with van der Waals surface area (Å²) in [5.41, 5.74) is 2.69. The molecule has 0 unspecified atom stereocenters. The summed E-state index contributed by atoms with van der Waals surface area (Å²) in [5, 5.41) is 3.61. The van der Waals surface area contributed by atoms with Crippen molar-refractivity contribution in [2.75, 3.05) is 19.0 Å². The maximum atomic E-state index is 12.5. The van der Waals surface area contributed by atoms with Gasteiger partial charge in [0.25, 0.3) is 0 Å². The van der Waals surface area contributed by atoms with E-state index in [0.717, 1.165) is 36.1 Å². The zero-order valence-electron chi connectivity index (χ0n) is 16.7. The molecule has 1 atom stereocenters. The molecule has 1 aromatic heterocycles. The minimum atomic E-state index is -0.333. The van der Waals surface area contributed by atoms with Crippen LogP contribution in [0, 0.1) is 5.92 Å². The molecule has 3 rings (SSSR count). The van der Waals surface area contributed by atoms with Crippen molar-refractivity contribution >= 4 is 28.2 Å². The van der Waals surface area contributed by atoms with Crippen molar-refractivity contribution in [1.82, 2.24) is 0 Å². The van der Waals surface area contributed by atoms with Gasteiger partial charge < -0.3 is 14.8 Å². The fraction of sp³-hybridized carbons (Fsp3) is 0.455. The second kappa shape index (κ2) is 9.24. The van der Waals surface area contributed by atoms with Crippen molar-refractivity contribution in [3.8, 4) is 5.75 Å². The highest BCUT2D eigenvalue weighted by atomic mass is 32.1. The van der Waals surface area contributed by atoms with Gasteiger partial charge in [0.2, 0.25) is 5.91 Å². The maximum absolute atomic E-state index is 12.5. The van der Waals surface area contributed by atoms with Gasteiger partial charge in [-0.25, -0.2) is 4.79 Å². The van der Waals surface area contributed by atoms with Gasteiger partial charge in [0.15, 0.2) is 0 Å². The van der Waals surface area contributed by atoms with Crippen LogP contribution in [0.15, 0.2) is 24.3 Å². The van der Waals surface area contributed by atoms with E-state index in [-0.39, 0.29) is 11.9 Å². The van der Waals surface area contributed by atoms with Crippen LogP contribution in [-0.4, -0.2) is 25.6 Å². The average molecular weight is 402 g/mol. The molecule has 5 nitrogen and oxygen atoms in total. The third-order valence-corrected chi connectivity index (χ3v) is 6.21. The van der Waals surface area contributed by atoms with Crippen LogP contribution in [-0.2, 0) is 28.8 Å². The Morgan fingerprint density at radius 3 is 2.68 bits per heavy atom. The first kappa shape index (κ1) is 20.4. The van der Waals surface area contributed by atoms with E-state index in [1.165, 1.54) is 16.2 Å². The first-order chi connectivity index (χ1) is 13.5. The lowest BCUT2D eigenvalue weighted by Gasteiger charge is -2.18. The minimum absolute atomic E-state index is 0.0898. The van der Waals surface area contributed by atoms with Crippen molar-refractivity contribution in [1.29, 1.82) is 0 Å². The molecule has 1 heterocycles. The number of ether oxygens (including phenoxy) is 2. The number of hydrogen-bond donors (Lipinski definition) is 1. The van der Waals surface area contributed by atoms with Gasteiger partial charge in [-0.15, -0.1) is 11.3 Å². The smallest absolute Gasteiger partial charge is 0.341 e. The Bertz CT molecular complexity index is 841. The number of esters is 1. The Balaban J connectivity index is 1.71. The number of rotatable bonds is 7. The predicted octanol–water partition coefficient (Wildman–Crippen LogP) is 4.63. The molecule has 28 heavy (non-hydrogen) atoms. The molecular formula is C22H27NO4S. The normalized spacial score (nSPS) is 15.6. The lowest BCUT2D eigenvalue weighted by Crippen LogP contribution is -2.16. The van der Waals surface area contributed by atoms with Gasteiger partial charge in [-0.1, -0.05) is 19.1 Å². The molecule has 2 aromatic rings. The van der Waals surface area contributed by atoms with Crippen molar-refractivity contribution in [2.24, 2.45) is 5.92 Å².